The first-order chi connectivity index (χ1) is 18.1. The van der Waals surface area contributed by atoms with Gasteiger partial charge in [-0.2, -0.15) is 4.31 Å². The van der Waals surface area contributed by atoms with Crippen LogP contribution in [-0.4, -0.2) is 48.9 Å². The van der Waals surface area contributed by atoms with Crippen molar-refractivity contribution in [3.05, 3.63) is 89.0 Å². The van der Waals surface area contributed by atoms with E-state index >= 15 is 0 Å². The maximum absolute atomic E-state index is 13.8. The summed E-state index contributed by atoms with van der Waals surface area (Å²) < 4.78 is 34.7. The number of carbonyl (C=O) groups is 1. The molecule has 38 heavy (non-hydrogen) atoms. The van der Waals surface area contributed by atoms with E-state index in [1.54, 1.807) is 17.0 Å². The molecule has 2 heterocycles. The third-order valence-corrected chi connectivity index (χ3v) is 9.75. The molecule has 5 rings (SSSR count). The molecule has 1 aromatic heterocycles. The Labute approximate surface area is 227 Å². The maximum atomic E-state index is 13.8. The number of aryl methyl sites for hydroxylation is 2. The number of amides is 1. The Balaban J connectivity index is 1.47. The number of aromatic nitrogens is 1. The number of hydrogen-bond donors (Lipinski definition) is 0. The minimum atomic E-state index is -3.70. The number of benzene rings is 3. The highest BCUT2D eigenvalue weighted by molar-refractivity contribution is 7.89. The van der Waals surface area contributed by atoms with Gasteiger partial charge >= 0.3 is 0 Å². The zero-order valence-electron chi connectivity index (χ0n) is 21.9. The Hall–Kier alpha value is -3.11. The lowest BCUT2D eigenvalue weighted by Crippen LogP contribution is -2.48. The fourth-order valence-corrected chi connectivity index (χ4v) is 7.34. The van der Waals surface area contributed by atoms with Gasteiger partial charge in [0.05, 0.1) is 33.9 Å². The number of nitrogens with zero attached hydrogens (tertiary/aromatic N) is 3. The van der Waals surface area contributed by atoms with Gasteiger partial charge in [-0.1, -0.05) is 47.7 Å². The summed E-state index contributed by atoms with van der Waals surface area (Å²) in [5, 5.41) is 0.607. The third-order valence-electron chi connectivity index (χ3n) is 6.86. The fourth-order valence-electron chi connectivity index (χ4n) is 4.72. The van der Waals surface area contributed by atoms with Crippen LogP contribution in [0.3, 0.4) is 0 Å². The molecule has 198 valence electrons. The van der Waals surface area contributed by atoms with Gasteiger partial charge in [0, 0.05) is 18.7 Å². The monoisotopic (exact) mass is 549 g/mol. The molecule has 0 N–H and O–H groups in total. The van der Waals surface area contributed by atoms with Crippen LogP contribution in [0.4, 0.5) is 5.13 Å². The van der Waals surface area contributed by atoms with Gasteiger partial charge in [-0.3, -0.25) is 9.69 Å². The molecule has 1 aliphatic rings. The third kappa shape index (κ3) is 5.24. The van der Waals surface area contributed by atoms with Gasteiger partial charge in [-0.15, -0.1) is 0 Å². The van der Waals surface area contributed by atoms with Crippen LogP contribution in [0.25, 0.3) is 10.2 Å². The standard InChI is InChI=1S/C29H31N3O4S2/c1-19-10-15-26-27(22(19)4)30-29(37-26)32(18-23-8-6-5-7-9-23)28(33)24-11-13-25(14-12-24)38(34,35)31-16-20(2)36-21(3)17-31/h5-15,20-21H,16-18H2,1-4H3. The van der Waals surface area contributed by atoms with Crippen LogP contribution in [0.15, 0.2) is 71.6 Å². The summed E-state index contributed by atoms with van der Waals surface area (Å²) >= 11 is 1.48. The van der Waals surface area contributed by atoms with E-state index < -0.39 is 10.0 Å². The number of anilines is 1. The summed E-state index contributed by atoms with van der Waals surface area (Å²) in [7, 11) is -3.70. The van der Waals surface area contributed by atoms with E-state index in [0.29, 0.717) is 30.3 Å². The van der Waals surface area contributed by atoms with Crippen LogP contribution in [0.5, 0.6) is 0 Å². The maximum Gasteiger partial charge on any atom is 0.260 e. The average Bonchev–Trinajstić information content (AvgIpc) is 3.34. The van der Waals surface area contributed by atoms with Gasteiger partial charge in [0.25, 0.3) is 5.91 Å². The zero-order chi connectivity index (χ0) is 27.0. The predicted octanol–water partition coefficient (Wildman–Crippen LogP) is 5.56. The SMILES string of the molecule is Cc1ccc2sc(N(Cc3ccccc3)C(=O)c3ccc(S(=O)(=O)N4CC(C)OC(C)C4)cc3)nc2c1C. The van der Waals surface area contributed by atoms with Crippen molar-refractivity contribution in [1.29, 1.82) is 0 Å². The lowest BCUT2D eigenvalue weighted by Gasteiger charge is -2.34. The van der Waals surface area contributed by atoms with E-state index in [1.807, 2.05) is 57.2 Å². The molecule has 4 aromatic rings. The number of thiazole rings is 1. The Kier molecular flexibility index (Phi) is 7.37. The summed E-state index contributed by atoms with van der Waals surface area (Å²) in [6.45, 7) is 8.77. The van der Waals surface area contributed by atoms with E-state index in [4.69, 9.17) is 9.72 Å². The smallest absolute Gasteiger partial charge is 0.260 e. The molecule has 1 fully saturated rings. The number of fused-ring (bicyclic) bond motifs is 1. The molecule has 3 aromatic carbocycles. The van der Waals surface area contributed by atoms with Crippen LogP contribution in [0.1, 0.15) is 40.9 Å². The highest BCUT2D eigenvalue weighted by Crippen LogP contribution is 2.33. The van der Waals surface area contributed by atoms with Crippen molar-refractivity contribution >= 4 is 42.6 Å². The largest absolute Gasteiger partial charge is 0.373 e. The lowest BCUT2D eigenvalue weighted by atomic mass is 10.1. The molecule has 0 spiro atoms. The number of sulfonamides is 1. The molecule has 0 bridgehead atoms. The normalized spacial score (nSPS) is 18.5. The molecule has 2 unspecified atom stereocenters. The second kappa shape index (κ2) is 10.6. The summed E-state index contributed by atoms with van der Waals surface area (Å²) in [6, 6.07) is 20.1. The van der Waals surface area contributed by atoms with Crippen LogP contribution >= 0.6 is 11.3 Å². The van der Waals surface area contributed by atoms with Crippen LogP contribution in [-0.2, 0) is 21.3 Å². The molecule has 0 aliphatic carbocycles. The number of rotatable bonds is 6. The Bertz CT molecular complexity index is 1560. The molecule has 1 saturated heterocycles. The first kappa shape index (κ1) is 26.5. The first-order valence-corrected chi connectivity index (χ1v) is 14.9. The van der Waals surface area contributed by atoms with Crippen molar-refractivity contribution in [3.63, 3.8) is 0 Å². The second-order valence-electron chi connectivity index (χ2n) is 9.83. The van der Waals surface area contributed by atoms with Gasteiger partial charge in [0.2, 0.25) is 10.0 Å². The number of morpholine rings is 1. The second-order valence-corrected chi connectivity index (χ2v) is 12.8. The molecule has 2 atom stereocenters. The zero-order valence-corrected chi connectivity index (χ0v) is 23.6. The Morgan fingerprint density at radius 1 is 1.00 bits per heavy atom. The minimum absolute atomic E-state index is 0.163. The van der Waals surface area contributed by atoms with E-state index in [0.717, 1.165) is 26.9 Å². The van der Waals surface area contributed by atoms with Gasteiger partial charge in [-0.05, 0) is 74.7 Å². The molecule has 1 aliphatic heterocycles. The topological polar surface area (TPSA) is 79.8 Å². The molecular formula is C29H31N3O4S2. The van der Waals surface area contributed by atoms with Crippen molar-refractivity contribution in [3.8, 4) is 0 Å². The van der Waals surface area contributed by atoms with Crippen molar-refractivity contribution in [2.75, 3.05) is 18.0 Å². The molecule has 1 amide bonds. The van der Waals surface area contributed by atoms with Crippen LogP contribution < -0.4 is 4.90 Å². The summed E-state index contributed by atoms with van der Waals surface area (Å²) in [6.07, 6.45) is -0.357. The molecule has 0 saturated carbocycles. The Morgan fingerprint density at radius 2 is 1.66 bits per heavy atom. The first-order valence-electron chi connectivity index (χ1n) is 12.6. The lowest BCUT2D eigenvalue weighted by molar-refractivity contribution is -0.0440. The minimum Gasteiger partial charge on any atom is -0.373 e. The number of carbonyl (C=O) groups excluding carboxylic acids is 1. The highest BCUT2D eigenvalue weighted by atomic mass is 32.2. The van der Waals surface area contributed by atoms with Gasteiger partial charge in [-0.25, -0.2) is 13.4 Å². The van der Waals surface area contributed by atoms with Gasteiger partial charge in [0.1, 0.15) is 0 Å². The predicted molar refractivity (Wildman–Crippen MR) is 151 cm³/mol. The summed E-state index contributed by atoms with van der Waals surface area (Å²) in [5.74, 6) is -0.236. The summed E-state index contributed by atoms with van der Waals surface area (Å²) in [5.41, 5.74) is 4.51. The number of hydrogen-bond acceptors (Lipinski definition) is 6. The molecular weight excluding hydrogens is 518 g/mol. The molecule has 0 radical (unpaired) electrons. The van der Waals surface area contributed by atoms with Crippen LogP contribution in [0.2, 0.25) is 0 Å². The van der Waals surface area contributed by atoms with Crippen LogP contribution in [0, 0.1) is 13.8 Å². The summed E-state index contributed by atoms with van der Waals surface area (Å²) in [4.78, 5) is 20.5. The average molecular weight is 550 g/mol. The molecule has 9 heteroatoms. The van der Waals surface area contributed by atoms with E-state index in [9.17, 15) is 13.2 Å². The van der Waals surface area contributed by atoms with E-state index in [1.165, 1.54) is 27.8 Å². The van der Waals surface area contributed by atoms with Crippen molar-refractivity contribution < 1.29 is 17.9 Å². The van der Waals surface area contributed by atoms with Gasteiger partial charge in [0.15, 0.2) is 5.13 Å². The van der Waals surface area contributed by atoms with Crippen molar-refractivity contribution in [1.82, 2.24) is 9.29 Å². The van der Waals surface area contributed by atoms with E-state index in [2.05, 4.69) is 13.0 Å². The van der Waals surface area contributed by atoms with Crippen molar-refractivity contribution in [2.24, 2.45) is 0 Å². The fraction of sp³-hybridized carbons (Fsp3) is 0.310. The number of ether oxygens (including phenoxy) is 1. The van der Waals surface area contributed by atoms with E-state index in [-0.39, 0.29) is 23.0 Å². The molecule has 7 nitrogen and oxygen atoms in total. The van der Waals surface area contributed by atoms with Gasteiger partial charge < -0.3 is 4.74 Å². The highest BCUT2D eigenvalue weighted by Gasteiger charge is 2.32. The van der Waals surface area contributed by atoms with Crippen molar-refractivity contribution in [2.45, 2.75) is 51.3 Å². The quantitative estimate of drug-likeness (QED) is 0.315. The Morgan fingerprint density at radius 3 is 2.32 bits per heavy atom.